The number of likely N-dealkylation sites (tertiary alicyclic amines) is 1. The largest absolute Gasteiger partial charge is 0.465 e. The lowest BCUT2D eigenvalue weighted by Crippen LogP contribution is -2.51. The molecular weight excluding hydrogens is 668 g/mol. The lowest BCUT2D eigenvalue weighted by molar-refractivity contribution is -0.141. The van der Waals surface area contributed by atoms with E-state index in [0.717, 1.165) is 54.7 Å². The lowest BCUT2D eigenvalue weighted by Gasteiger charge is -2.41. The minimum absolute atomic E-state index is 0.0608. The number of amides is 2. The van der Waals surface area contributed by atoms with Gasteiger partial charge in [0, 0.05) is 69.8 Å². The van der Waals surface area contributed by atoms with Crippen LogP contribution in [0.15, 0.2) is 72.8 Å². The van der Waals surface area contributed by atoms with Crippen LogP contribution in [-0.4, -0.2) is 99.0 Å². The van der Waals surface area contributed by atoms with Gasteiger partial charge < -0.3 is 34.2 Å². The zero-order chi connectivity index (χ0) is 37.5. The fourth-order valence-electron chi connectivity index (χ4n) is 7.82. The fourth-order valence-corrected chi connectivity index (χ4v) is 7.82. The number of hydrogen-bond acceptors (Lipinski definition) is 8. The fraction of sp³-hybridized carbons (Fsp3) is 0.512. The molecule has 2 fully saturated rings. The first-order valence-electron chi connectivity index (χ1n) is 19.3. The summed E-state index contributed by atoms with van der Waals surface area (Å²) in [5.41, 5.74) is 5.95. The molecule has 0 aromatic heterocycles. The molecule has 10 heteroatoms. The second-order valence-corrected chi connectivity index (χ2v) is 15.6. The summed E-state index contributed by atoms with van der Waals surface area (Å²) >= 11 is 0. The number of nitrogens with one attached hydrogen (secondary N) is 1. The molecule has 1 N–H and O–H groups in total. The molecule has 1 aliphatic carbocycles. The van der Waals surface area contributed by atoms with Gasteiger partial charge in [0.15, 0.2) is 0 Å². The Morgan fingerprint density at radius 2 is 1.70 bits per heavy atom. The number of anilines is 2. The van der Waals surface area contributed by atoms with Gasteiger partial charge in [0.2, 0.25) is 5.91 Å². The first kappa shape index (κ1) is 38.2. The Morgan fingerprint density at radius 1 is 0.925 bits per heavy atom. The second kappa shape index (κ2) is 17.1. The van der Waals surface area contributed by atoms with E-state index in [1.54, 1.807) is 18.9 Å². The second-order valence-electron chi connectivity index (χ2n) is 15.6. The highest BCUT2D eigenvalue weighted by molar-refractivity contribution is 5.82. The Hall–Kier alpha value is -4.57. The zero-order valence-electron chi connectivity index (χ0n) is 32.0. The summed E-state index contributed by atoms with van der Waals surface area (Å²) in [4.78, 5) is 46.6. The minimum atomic E-state index is -0.628. The van der Waals surface area contributed by atoms with E-state index >= 15 is 4.79 Å². The Morgan fingerprint density at radius 3 is 2.42 bits per heavy atom. The van der Waals surface area contributed by atoms with E-state index in [9.17, 15) is 9.59 Å². The molecule has 10 nitrogen and oxygen atoms in total. The molecule has 284 valence electrons. The van der Waals surface area contributed by atoms with Crippen molar-refractivity contribution >= 4 is 29.3 Å². The number of ether oxygens (including phenoxy) is 3. The van der Waals surface area contributed by atoms with Crippen molar-refractivity contribution in [2.75, 3.05) is 69.8 Å². The van der Waals surface area contributed by atoms with Crippen LogP contribution in [0.4, 0.5) is 16.2 Å². The standard InChI is InChI=1S/C43H56N4O6/c1-6-52-40(48)26-44-34-17-15-30(16-18-34)31-11-9-12-32(25-31)36-21-23-46(42(50)53-43(2,3)4)29-38(36)41(49)47(35-19-20-35)28-33-27-45(22-10-24-51-5)39-14-8-7-13-37(33)39/h7-9,11-18,25,33,35-36,38,44H,6,10,19-24,26-29H2,1-5H3/t33?,36-,38+/m1/s1. The molecule has 1 saturated carbocycles. The molecule has 3 aromatic rings. The van der Waals surface area contributed by atoms with Gasteiger partial charge in [0.05, 0.1) is 12.5 Å². The quantitative estimate of drug-likeness (QED) is 0.137. The number of benzene rings is 3. The van der Waals surface area contributed by atoms with Gasteiger partial charge in [0.25, 0.3) is 0 Å². The topological polar surface area (TPSA) is 101 Å². The number of piperidine rings is 1. The third kappa shape index (κ3) is 9.71. The number of methoxy groups -OCH3 is 1. The van der Waals surface area contributed by atoms with Crippen LogP contribution in [0.25, 0.3) is 11.1 Å². The van der Waals surface area contributed by atoms with Crippen molar-refractivity contribution in [2.24, 2.45) is 5.92 Å². The Balaban J connectivity index is 1.24. The summed E-state index contributed by atoms with van der Waals surface area (Å²) in [5, 5.41) is 3.12. The molecule has 0 bridgehead atoms. The van der Waals surface area contributed by atoms with Crippen LogP contribution < -0.4 is 10.2 Å². The van der Waals surface area contributed by atoms with Crippen LogP contribution in [-0.2, 0) is 23.8 Å². The van der Waals surface area contributed by atoms with Gasteiger partial charge in [-0.25, -0.2) is 4.79 Å². The van der Waals surface area contributed by atoms with E-state index in [1.165, 1.54) is 11.3 Å². The summed E-state index contributed by atoms with van der Waals surface area (Å²) in [6.07, 6.45) is 3.25. The maximum absolute atomic E-state index is 15.0. The monoisotopic (exact) mass is 724 g/mol. The summed E-state index contributed by atoms with van der Waals surface area (Å²) in [7, 11) is 1.74. The highest BCUT2D eigenvalue weighted by Crippen LogP contribution is 2.42. The van der Waals surface area contributed by atoms with Gasteiger partial charge in [-0.2, -0.15) is 0 Å². The molecule has 3 aromatic carbocycles. The van der Waals surface area contributed by atoms with Crippen molar-refractivity contribution in [3.8, 4) is 11.1 Å². The maximum Gasteiger partial charge on any atom is 0.410 e. The van der Waals surface area contributed by atoms with Crippen molar-refractivity contribution < 1.29 is 28.6 Å². The van der Waals surface area contributed by atoms with Gasteiger partial charge in [-0.15, -0.1) is 0 Å². The van der Waals surface area contributed by atoms with Gasteiger partial charge in [0.1, 0.15) is 12.1 Å². The number of rotatable bonds is 14. The summed E-state index contributed by atoms with van der Waals surface area (Å²) in [5.74, 6) is -0.423. The zero-order valence-corrected chi connectivity index (χ0v) is 32.0. The van der Waals surface area contributed by atoms with E-state index in [1.807, 2.05) is 45.0 Å². The molecule has 2 heterocycles. The predicted molar refractivity (Wildman–Crippen MR) is 208 cm³/mol. The van der Waals surface area contributed by atoms with Crippen LogP contribution in [0.5, 0.6) is 0 Å². The smallest absolute Gasteiger partial charge is 0.410 e. The van der Waals surface area contributed by atoms with Crippen molar-refractivity contribution in [2.45, 2.75) is 76.9 Å². The van der Waals surface area contributed by atoms with Gasteiger partial charge in [-0.05, 0) is 99.7 Å². The Kier molecular flexibility index (Phi) is 12.3. The van der Waals surface area contributed by atoms with Crippen LogP contribution in [0.2, 0.25) is 0 Å². The van der Waals surface area contributed by atoms with Crippen molar-refractivity contribution in [3.05, 3.63) is 83.9 Å². The molecule has 0 radical (unpaired) electrons. The van der Waals surface area contributed by atoms with E-state index in [0.29, 0.717) is 39.3 Å². The predicted octanol–water partition coefficient (Wildman–Crippen LogP) is 7.30. The van der Waals surface area contributed by atoms with E-state index in [2.05, 4.69) is 63.6 Å². The van der Waals surface area contributed by atoms with Crippen molar-refractivity contribution in [3.63, 3.8) is 0 Å². The SMILES string of the molecule is CCOC(=O)CNc1ccc(-c2cccc([C@H]3CCN(C(=O)OC(C)(C)C)C[C@@H]3C(=O)N(CC3CN(CCCOC)c4ccccc43)C3CC3)c2)cc1. The lowest BCUT2D eigenvalue weighted by atomic mass is 9.78. The van der Waals surface area contributed by atoms with Gasteiger partial charge in [-0.3, -0.25) is 9.59 Å². The Labute approximate surface area is 314 Å². The van der Waals surface area contributed by atoms with Gasteiger partial charge in [-0.1, -0.05) is 54.6 Å². The molecule has 2 aliphatic heterocycles. The maximum atomic E-state index is 15.0. The molecule has 1 saturated heterocycles. The minimum Gasteiger partial charge on any atom is -0.465 e. The Bertz CT molecular complexity index is 1720. The van der Waals surface area contributed by atoms with Gasteiger partial charge >= 0.3 is 12.1 Å². The number of hydrogen-bond donors (Lipinski definition) is 1. The van der Waals surface area contributed by atoms with E-state index < -0.39 is 11.5 Å². The number of nitrogens with zero attached hydrogens (tertiary/aromatic N) is 3. The van der Waals surface area contributed by atoms with E-state index in [4.69, 9.17) is 14.2 Å². The average Bonchev–Trinajstić information content (AvgIpc) is 3.94. The third-order valence-electron chi connectivity index (χ3n) is 10.5. The molecule has 3 aliphatic rings. The number of carbonyl (C=O) groups excluding carboxylic acids is 3. The molecule has 0 spiro atoms. The summed E-state index contributed by atoms with van der Waals surface area (Å²) in [6.45, 7) is 11.9. The normalized spacial score (nSPS) is 19.8. The first-order chi connectivity index (χ1) is 25.5. The first-order valence-corrected chi connectivity index (χ1v) is 19.3. The third-order valence-corrected chi connectivity index (χ3v) is 10.5. The summed E-state index contributed by atoms with van der Waals surface area (Å²) in [6, 6.07) is 25.3. The molecule has 3 atom stereocenters. The van der Waals surface area contributed by atoms with Crippen molar-refractivity contribution in [1.29, 1.82) is 0 Å². The molecular formula is C43H56N4O6. The molecule has 1 unspecified atom stereocenters. The average molecular weight is 725 g/mol. The number of fused-ring (bicyclic) bond motifs is 1. The van der Waals surface area contributed by atoms with Crippen LogP contribution in [0, 0.1) is 5.92 Å². The van der Waals surface area contributed by atoms with Crippen molar-refractivity contribution in [1.82, 2.24) is 9.80 Å². The number of para-hydroxylation sites is 1. The number of carbonyl (C=O) groups is 3. The van der Waals surface area contributed by atoms with E-state index in [-0.39, 0.29) is 42.4 Å². The summed E-state index contributed by atoms with van der Waals surface area (Å²) < 4.78 is 16.2. The highest BCUT2D eigenvalue weighted by Gasteiger charge is 2.44. The molecule has 2 amide bonds. The van der Waals surface area contributed by atoms with Crippen LogP contribution in [0.3, 0.4) is 0 Å². The molecule has 53 heavy (non-hydrogen) atoms. The van der Waals surface area contributed by atoms with Crippen LogP contribution >= 0.6 is 0 Å². The molecule has 6 rings (SSSR count). The number of esters is 1. The van der Waals surface area contributed by atoms with Crippen LogP contribution in [0.1, 0.15) is 76.3 Å². The highest BCUT2D eigenvalue weighted by atomic mass is 16.6.